The molecule has 3 aliphatic rings. The third kappa shape index (κ3) is 2.99. The summed E-state index contributed by atoms with van der Waals surface area (Å²) in [5.74, 6) is 0.0464. The second-order valence-electron chi connectivity index (χ2n) is 8.45. The van der Waals surface area contributed by atoms with Crippen LogP contribution in [0.25, 0.3) is 10.9 Å². The molecule has 3 aliphatic heterocycles. The molecule has 0 bridgehead atoms. The third-order valence-corrected chi connectivity index (χ3v) is 6.96. The Morgan fingerprint density at radius 1 is 1.13 bits per heavy atom. The SMILES string of the molecule is COC1C(=O)N(C2CCN(C(=O)c3ccc4ccccc4n3)CC2)C12CCOCC2. The smallest absolute Gasteiger partial charge is 0.272 e. The predicted molar refractivity (Wildman–Crippen MR) is 111 cm³/mol. The molecule has 4 heterocycles. The van der Waals surface area contributed by atoms with Gasteiger partial charge in [0.25, 0.3) is 11.8 Å². The highest BCUT2D eigenvalue weighted by atomic mass is 16.5. The number of likely N-dealkylation sites (tertiary alicyclic amines) is 2. The monoisotopic (exact) mass is 409 g/mol. The topological polar surface area (TPSA) is 72.0 Å². The van der Waals surface area contributed by atoms with Gasteiger partial charge in [0.05, 0.1) is 11.1 Å². The zero-order chi connectivity index (χ0) is 20.7. The highest BCUT2D eigenvalue weighted by Gasteiger charge is 2.62. The van der Waals surface area contributed by atoms with E-state index < -0.39 is 0 Å². The van der Waals surface area contributed by atoms with Crippen molar-refractivity contribution in [1.82, 2.24) is 14.8 Å². The van der Waals surface area contributed by atoms with Crippen molar-refractivity contribution in [3.05, 3.63) is 42.1 Å². The van der Waals surface area contributed by atoms with Crippen molar-refractivity contribution in [3.8, 4) is 0 Å². The van der Waals surface area contributed by atoms with Crippen molar-refractivity contribution in [2.75, 3.05) is 33.4 Å². The molecule has 7 heteroatoms. The average Bonchev–Trinajstić information content (AvgIpc) is 2.80. The summed E-state index contributed by atoms with van der Waals surface area (Å²) in [5.41, 5.74) is 1.07. The summed E-state index contributed by atoms with van der Waals surface area (Å²) >= 11 is 0. The van der Waals surface area contributed by atoms with Crippen LogP contribution >= 0.6 is 0 Å². The number of aromatic nitrogens is 1. The molecule has 1 aromatic carbocycles. The van der Waals surface area contributed by atoms with Gasteiger partial charge in [-0.05, 0) is 37.8 Å². The number of rotatable bonds is 3. The molecule has 0 radical (unpaired) electrons. The first-order valence-corrected chi connectivity index (χ1v) is 10.7. The average molecular weight is 409 g/mol. The zero-order valence-electron chi connectivity index (χ0n) is 17.3. The van der Waals surface area contributed by atoms with E-state index in [4.69, 9.17) is 9.47 Å². The molecule has 158 valence electrons. The number of hydrogen-bond donors (Lipinski definition) is 0. The number of amides is 2. The van der Waals surface area contributed by atoms with Crippen molar-refractivity contribution >= 4 is 22.7 Å². The number of nitrogens with zero attached hydrogens (tertiary/aromatic N) is 3. The Morgan fingerprint density at radius 3 is 2.60 bits per heavy atom. The zero-order valence-corrected chi connectivity index (χ0v) is 17.3. The molecule has 3 fully saturated rings. The molecule has 1 unspecified atom stereocenters. The number of methoxy groups -OCH3 is 1. The Bertz CT molecular complexity index is 964. The molecule has 2 aromatic rings. The molecule has 0 saturated carbocycles. The van der Waals surface area contributed by atoms with Gasteiger partial charge in [-0.25, -0.2) is 4.98 Å². The Balaban J connectivity index is 1.27. The lowest BCUT2D eigenvalue weighted by molar-refractivity contribution is -0.213. The molecule has 0 N–H and O–H groups in total. The van der Waals surface area contributed by atoms with Gasteiger partial charge in [-0.15, -0.1) is 0 Å². The molecule has 3 saturated heterocycles. The van der Waals surface area contributed by atoms with Crippen molar-refractivity contribution < 1.29 is 19.1 Å². The van der Waals surface area contributed by atoms with E-state index >= 15 is 0 Å². The predicted octanol–water partition coefficient (Wildman–Crippen LogP) is 2.25. The first-order chi connectivity index (χ1) is 14.6. The normalized spacial score (nSPS) is 24.3. The van der Waals surface area contributed by atoms with Crippen LogP contribution in [-0.2, 0) is 14.3 Å². The van der Waals surface area contributed by atoms with Crippen molar-refractivity contribution in [3.63, 3.8) is 0 Å². The Kier molecular flexibility index (Phi) is 4.95. The van der Waals surface area contributed by atoms with E-state index in [2.05, 4.69) is 9.88 Å². The van der Waals surface area contributed by atoms with Crippen LogP contribution in [0.2, 0.25) is 0 Å². The fourth-order valence-electron chi connectivity index (χ4n) is 5.40. The van der Waals surface area contributed by atoms with Crippen LogP contribution in [0.5, 0.6) is 0 Å². The van der Waals surface area contributed by atoms with Gasteiger partial charge in [0.1, 0.15) is 5.69 Å². The molecule has 5 rings (SSSR count). The van der Waals surface area contributed by atoms with Gasteiger partial charge in [-0.2, -0.15) is 0 Å². The minimum atomic E-state index is -0.358. The summed E-state index contributed by atoms with van der Waals surface area (Å²) in [7, 11) is 1.62. The number of para-hydroxylation sites is 1. The summed E-state index contributed by atoms with van der Waals surface area (Å²) in [6, 6.07) is 11.7. The third-order valence-electron chi connectivity index (χ3n) is 6.96. The van der Waals surface area contributed by atoms with E-state index in [0.29, 0.717) is 32.0 Å². The highest BCUT2D eigenvalue weighted by molar-refractivity contribution is 5.95. The van der Waals surface area contributed by atoms with E-state index in [9.17, 15) is 9.59 Å². The molecular formula is C23H27N3O4. The minimum Gasteiger partial charge on any atom is -0.381 e. The summed E-state index contributed by atoms with van der Waals surface area (Å²) in [6.07, 6.45) is 2.84. The number of carbonyl (C=O) groups excluding carboxylic acids is 2. The number of hydrogen-bond acceptors (Lipinski definition) is 5. The molecule has 0 aliphatic carbocycles. The van der Waals surface area contributed by atoms with Crippen LogP contribution in [-0.4, -0.2) is 77.7 Å². The lowest BCUT2D eigenvalue weighted by atomic mass is 9.72. The van der Waals surface area contributed by atoms with Gasteiger partial charge in [-0.1, -0.05) is 24.3 Å². The maximum Gasteiger partial charge on any atom is 0.272 e. The van der Waals surface area contributed by atoms with Crippen LogP contribution in [0.1, 0.15) is 36.2 Å². The first kappa shape index (κ1) is 19.5. The molecule has 7 nitrogen and oxygen atoms in total. The molecule has 1 aromatic heterocycles. The van der Waals surface area contributed by atoms with E-state index in [0.717, 1.165) is 36.6 Å². The Labute approximate surface area is 175 Å². The van der Waals surface area contributed by atoms with Crippen LogP contribution in [0.3, 0.4) is 0 Å². The standard InChI is InChI=1S/C23H27N3O4/c1-29-20-22(28)26(23(20)10-14-30-15-11-23)17-8-12-25(13-9-17)21(27)19-7-6-16-4-2-3-5-18(16)24-19/h2-7,17,20H,8-15H2,1H3. The number of piperidine rings is 1. The summed E-state index contributed by atoms with van der Waals surface area (Å²) in [4.78, 5) is 34.3. The van der Waals surface area contributed by atoms with Crippen LogP contribution in [0.4, 0.5) is 0 Å². The van der Waals surface area contributed by atoms with Gasteiger partial charge in [0.2, 0.25) is 0 Å². The van der Waals surface area contributed by atoms with Crippen LogP contribution in [0.15, 0.2) is 36.4 Å². The van der Waals surface area contributed by atoms with E-state index in [1.165, 1.54) is 0 Å². The van der Waals surface area contributed by atoms with Crippen LogP contribution < -0.4 is 0 Å². The van der Waals surface area contributed by atoms with E-state index in [1.807, 2.05) is 35.2 Å². The summed E-state index contributed by atoms with van der Waals surface area (Å²) in [6.45, 7) is 2.58. The van der Waals surface area contributed by atoms with E-state index in [-0.39, 0.29) is 29.5 Å². The second kappa shape index (κ2) is 7.63. The van der Waals surface area contributed by atoms with E-state index in [1.54, 1.807) is 13.2 Å². The number of ether oxygens (including phenoxy) is 2. The molecule has 2 amide bonds. The maximum atomic E-state index is 13.0. The summed E-state index contributed by atoms with van der Waals surface area (Å²) in [5, 5.41) is 1.03. The fourth-order valence-corrected chi connectivity index (χ4v) is 5.40. The van der Waals surface area contributed by atoms with Gasteiger partial charge in [-0.3, -0.25) is 9.59 Å². The number of benzene rings is 1. The highest BCUT2D eigenvalue weighted by Crippen LogP contribution is 2.45. The molecule has 1 spiro atoms. The number of fused-ring (bicyclic) bond motifs is 1. The largest absolute Gasteiger partial charge is 0.381 e. The number of pyridine rings is 1. The fraction of sp³-hybridized carbons (Fsp3) is 0.522. The van der Waals surface area contributed by atoms with Gasteiger partial charge in [0, 0.05) is 44.8 Å². The minimum absolute atomic E-state index is 0.0373. The maximum absolute atomic E-state index is 13.0. The number of β-lactam (4-membered cyclic amide) rings is 1. The Morgan fingerprint density at radius 2 is 1.87 bits per heavy atom. The molecule has 30 heavy (non-hydrogen) atoms. The van der Waals surface area contributed by atoms with Crippen LogP contribution in [0, 0.1) is 0 Å². The molecule has 1 atom stereocenters. The van der Waals surface area contributed by atoms with Gasteiger partial charge < -0.3 is 19.3 Å². The first-order valence-electron chi connectivity index (χ1n) is 10.7. The summed E-state index contributed by atoms with van der Waals surface area (Å²) < 4.78 is 11.1. The molecular weight excluding hydrogens is 382 g/mol. The second-order valence-corrected chi connectivity index (χ2v) is 8.45. The Hall–Kier alpha value is -2.51. The quantitative estimate of drug-likeness (QED) is 0.727. The van der Waals surface area contributed by atoms with Crippen molar-refractivity contribution in [2.24, 2.45) is 0 Å². The van der Waals surface area contributed by atoms with Crippen molar-refractivity contribution in [1.29, 1.82) is 0 Å². The van der Waals surface area contributed by atoms with Gasteiger partial charge >= 0.3 is 0 Å². The lowest BCUT2D eigenvalue weighted by Crippen LogP contribution is -2.79. The lowest BCUT2D eigenvalue weighted by Gasteiger charge is -2.61. The van der Waals surface area contributed by atoms with Crippen molar-refractivity contribution in [2.45, 2.75) is 43.4 Å². The van der Waals surface area contributed by atoms with Gasteiger partial charge in [0.15, 0.2) is 6.10 Å². The number of carbonyl (C=O) groups is 2.